The van der Waals surface area contributed by atoms with Gasteiger partial charge in [0.15, 0.2) is 5.76 Å². The number of halogens is 1. The molecule has 1 heterocycles. The highest BCUT2D eigenvalue weighted by Gasteiger charge is 2.12. The summed E-state index contributed by atoms with van der Waals surface area (Å²) in [7, 11) is 0. The van der Waals surface area contributed by atoms with E-state index >= 15 is 0 Å². The average molecular weight is 211 g/mol. The number of anilines is 1. The van der Waals surface area contributed by atoms with Crippen molar-refractivity contribution in [1.82, 2.24) is 4.98 Å². The number of hydrogen-bond donors (Lipinski definition) is 2. The molecule has 5 heteroatoms. The van der Waals surface area contributed by atoms with Crippen molar-refractivity contribution in [3.05, 3.63) is 29.4 Å². The summed E-state index contributed by atoms with van der Waals surface area (Å²) in [4.78, 5) is 3.72. The molecule has 1 aromatic carbocycles. The van der Waals surface area contributed by atoms with Gasteiger partial charge in [-0.1, -0.05) is 17.7 Å². The van der Waals surface area contributed by atoms with Gasteiger partial charge in [0.2, 0.25) is 0 Å². The maximum absolute atomic E-state index is 9.54. The van der Waals surface area contributed by atoms with Crippen LogP contribution in [0.1, 0.15) is 0 Å². The summed E-state index contributed by atoms with van der Waals surface area (Å²) in [5.74, 6) is 0.388. The van der Waals surface area contributed by atoms with Crippen LogP contribution in [0.4, 0.5) is 6.01 Å². The summed E-state index contributed by atoms with van der Waals surface area (Å²) >= 11 is 5.88. The summed E-state index contributed by atoms with van der Waals surface area (Å²) in [5, 5.41) is 9.93. The van der Waals surface area contributed by atoms with E-state index in [1.807, 2.05) is 0 Å². The van der Waals surface area contributed by atoms with Crippen LogP contribution in [0.15, 0.2) is 28.8 Å². The molecule has 4 nitrogen and oxygen atoms in total. The molecule has 0 bridgehead atoms. The van der Waals surface area contributed by atoms with Crippen LogP contribution >= 0.6 is 11.6 Å². The lowest BCUT2D eigenvalue weighted by atomic mass is 10.1. The molecule has 72 valence electrons. The SMILES string of the molecule is Nc1ncc(-c2c(O)cccc2Cl)o1. The van der Waals surface area contributed by atoms with Gasteiger partial charge in [-0.3, -0.25) is 0 Å². The van der Waals surface area contributed by atoms with E-state index in [1.165, 1.54) is 12.3 Å². The van der Waals surface area contributed by atoms with Gasteiger partial charge in [-0.05, 0) is 12.1 Å². The van der Waals surface area contributed by atoms with Crippen molar-refractivity contribution in [3.63, 3.8) is 0 Å². The lowest BCUT2D eigenvalue weighted by Crippen LogP contribution is -1.80. The van der Waals surface area contributed by atoms with Gasteiger partial charge in [-0.15, -0.1) is 0 Å². The number of nitrogens with zero attached hydrogens (tertiary/aromatic N) is 1. The number of hydrogen-bond acceptors (Lipinski definition) is 4. The van der Waals surface area contributed by atoms with Crippen molar-refractivity contribution in [2.45, 2.75) is 0 Å². The fourth-order valence-corrected chi connectivity index (χ4v) is 1.42. The third kappa shape index (κ3) is 1.40. The Hall–Kier alpha value is -1.68. The molecule has 14 heavy (non-hydrogen) atoms. The Morgan fingerprint density at radius 3 is 2.79 bits per heavy atom. The highest BCUT2D eigenvalue weighted by atomic mass is 35.5. The summed E-state index contributed by atoms with van der Waals surface area (Å²) in [6.07, 6.45) is 1.41. The van der Waals surface area contributed by atoms with Gasteiger partial charge in [0.25, 0.3) is 6.01 Å². The topological polar surface area (TPSA) is 72.3 Å². The lowest BCUT2D eigenvalue weighted by molar-refractivity contribution is 0.474. The maximum atomic E-state index is 9.54. The molecule has 0 spiro atoms. The maximum Gasteiger partial charge on any atom is 0.292 e. The van der Waals surface area contributed by atoms with Gasteiger partial charge in [0, 0.05) is 0 Å². The van der Waals surface area contributed by atoms with E-state index in [9.17, 15) is 5.11 Å². The highest BCUT2D eigenvalue weighted by Crippen LogP contribution is 2.36. The number of phenolic OH excluding ortho intramolecular Hbond substituents is 1. The minimum atomic E-state index is 0.0358. The predicted octanol–water partition coefficient (Wildman–Crippen LogP) is 2.28. The zero-order valence-electron chi connectivity index (χ0n) is 7.07. The highest BCUT2D eigenvalue weighted by molar-refractivity contribution is 6.33. The molecule has 1 aromatic heterocycles. The van der Waals surface area contributed by atoms with Crippen molar-refractivity contribution in [3.8, 4) is 17.1 Å². The fourth-order valence-electron chi connectivity index (χ4n) is 1.16. The third-order valence-corrected chi connectivity index (χ3v) is 2.08. The smallest absolute Gasteiger partial charge is 0.292 e. The Morgan fingerprint density at radius 2 is 2.21 bits per heavy atom. The third-order valence-electron chi connectivity index (χ3n) is 1.76. The van der Waals surface area contributed by atoms with Gasteiger partial charge in [-0.2, -0.15) is 0 Å². The monoisotopic (exact) mass is 210 g/mol. The van der Waals surface area contributed by atoms with E-state index in [2.05, 4.69) is 4.98 Å². The Balaban J connectivity index is 2.61. The Labute approximate surface area is 84.9 Å². The van der Waals surface area contributed by atoms with E-state index in [0.717, 1.165) is 0 Å². The van der Waals surface area contributed by atoms with E-state index in [0.29, 0.717) is 16.3 Å². The number of rotatable bonds is 1. The minimum absolute atomic E-state index is 0.0358. The molecule has 3 N–H and O–H groups in total. The quantitative estimate of drug-likeness (QED) is 0.758. The Bertz CT molecular complexity index is 447. The second-order valence-corrected chi connectivity index (χ2v) is 3.10. The van der Waals surface area contributed by atoms with Crippen molar-refractivity contribution in [1.29, 1.82) is 0 Å². The van der Waals surface area contributed by atoms with Crippen molar-refractivity contribution in [2.75, 3.05) is 5.73 Å². The normalized spacial score (nSPS) is 10.4. The summed E-state index contributed by atoms with van der Waals surface area (Å²) in [5.41, 5.74) is 5.71. The summed E-state index contributed by atoms with van der Waals surface area (Å²) in [6, 6.07) is 4.84. The molecule has 0 amide bonds. The molecule has 0 aliphatic rings. The van der Waals surface area contributed by atoms with Crippen molar-refractivity contribution in [2.24, 2.45) is 0 Å². The van der Waals surface area contributed by atoms with E-state index < -0.39 is 0 Å². The number of nitrogens with two attached hydrogens (primary N) is 1. The largest absolute Gasteiger partial charge is 0.507 e. The van der Waals surface area contributed by atoms with Crippen LogP contribution < -0.4 is 5.73 Å². The number of aromatic hydroxyl groups is 1. The second-order valence-electron chi connectivity index (χ2n) is 2.70. The molecule has 0 aliphatic carbocycles. The van der Waals surface area contributed by atoms with E-state index in [4.69, 9.17) is 21.8 Å². The Kier molecular flexibility index (Phi) is 2.05. The number of nitrogen functional groups attached to an aromatic ring is 1. The lowest BCUT2D eigenvalue weighted by Gasteiger charge is -2.01. The first kappa shape index (κ1) is 8.90. The molecule has 0 saturated heterocycles. The van der Waals surface area contributed by atoms with Crippen LogP contribution in [-0.2, 0) is 0 Å². The van der Waals surface area contributed by atoms with Crippen LogP contribution in [0, 0.1) is 0 Å². The van der Waals surface area contributed by atoms with Gasteiger partial charge in [0.05, 0.1) is 16.8 Å². The van der Waals surface area contributed by atoms with Gasteiger partial charge in [-0.25, -0.2) is 4.98 Å². The first-order chi connectivity index (χ1) is 6.68. The number of oxazole rings is 1. The van der Waals surface area contributed by atoms with Gasteiger partial charge in [0.1, 0.15) is 5.75 Å². The number of benzene rings is 1. The van der Waals surface area contributed by atoms with Crippen molar-refractivity contribution >= 4 is 17.6 Å². The molecule has 0 unspecified atom stereocenters. The zero-order chi connectivity index (χ0) is 10.1. The first-order valence-electron chi connectivity index (χ1n) is 3.87. The predicted molar refractivity (Wildman–Crippen MR) is 53.0 cm³/mol. The number of aromatic nitrogens is 1. The molecular formula is C9H7ClN2O2. The fraction of sp³-hybridized carbons (Fsp3) is 0. The minimum Gasteiger partial charge on any atom is -0.507 e. The first-order valence-corrected chi connectivity index (χ1v) is 4.25. The summed E-state index contributed by atoms with van der Waals surface area (Å²) in [6.45, 7) is 0. The molecule has 0 radical (unpaired) electrons. The second kappa shape index (κ2) is 3.23. The summed E-state index contributed by atoms with van der Waals surface area (Å²) < 4.78 is 5.05. The van der Waals surface area contributed by atoms with Gasteiger partial charge < -0.3 is 15.3 Å². The van der Waals surface area contributed by atoms with Crippen LogP contribution in [-0.4, -0.2) is 10.1 Å². The molecule has 0 saturated carbocycles. The van der Waals surface area contributed by atoms with Gasteiger partial charge >= 0.3 is 0 Å². The average Bonchev–Trinajstić information content (AvgIpc) is 2.51. The van der Waals surface area contributed by atoms with Crippen LogP contribution in [0.5, 0.6) is 5.75 Å². The molecule has 2 rings (SSSR count). The molecule has 0 fully saturated rings. The Morgan fingerprint density at radius 1 is 1.43 bits per heavy atom. The van der Waals surface area contributed by atoms with Crippen LogP contribution in [0.3, 0.4) is 0 Å². The van der Waals surface area contributed by atoms with Crippen LogP contribution in [0.2, 0.25) is 5.02 Å². The molecule has 0 atom stereocenters. The molecular weight excluding hydrogens is 204 g/mol. The van der Waals surface area contributed by atoms with Crippen LogP contribution in [0.25, 0.3) is 11.3 Å². The molecule has 0 aliphatic heterocycles. The molecule has 2 aromatic rings. The van der Waals surface area contributed by atoms with E-state index in [1.54, 1.807) is 12.1 Å². The number of phenols is 1. The van der Waals surface area contributed by atoms with E-state index in [-0.39, 0.29) is 11.8 Å². The van der Waals surface area contributed by atoms with Crippen molar-refractivity contribution < 1.29 is 9.52 Å². The standard InChI is InChI=1S/C9H7ClN2O2/c10-5-2-1-3-6(13)8(5)7-4-12-9(11)14-7/h1-4,13H,(H2,11,12). The zero-order valence-corrected chi connectivity index (χ0v) is 7.82.